The van der Waals surface area contributed by atoms with Crippen LogP contribution < -0.4 is 4.74 Å². The smallest absolute Gasteiger partial charge is 0.254 e. The Kier molecular flexibility index (Phi) is 3.80. The van der Waals surface area contributed by atoms with E-state index >= 15 is 0 Å². The van der Waals surface area contributed by atoms with E-state index in [0.29, 0.717) is 5.56 Å². The van der Waals surface area contributed by atoms with E-state index in [1.165, 1.54) is 0 Å². The van der Waals surface area contributed by atoms with Crippen LogP contribution in [0.5, 0.6) is 5.75 Å². The number of piperazine rings is 1. The Hall–Kier alpha value is -1.55. The predicted octanol–water partition coefficient (Wildman–Crippen LogP) is 1.86. The van der Waals surface area contributed by atoms with Crippen LogP contribution in [0.3, 0.4) is 0 Å². The van der Waals surface area contributed by atoms with Crippen LogP contribution in [0.25, 0.3) is 0 Å². The van der Waals surface area contributed by atoms with Crippen molar-refractivity contribution in [3.8, 4) is 5.75 Å². The number of hydrogen-bond donors (Lipinski definition) is 0. The number of ether oxygens (including phenoxy) is 1. The maximum atomic E-state index is 12.5. The first-order valence-electron chi connectivity index (χ1n) is 6.58. The second-order valence-electron chi connectivity index (χ2n) is 5.69. The van der Waals surface area contributed by atoms with Crippen molar-refractivity contribution in [3.05, 3.63) is 29.8 Å². The topological polar surface area (TPSA) is 32.8 Å². The van der Waals surface area contributed by atoms with Gasteiger partial charge < -0.3 is 9.64 Å². The van der Waals surface area contributed by atoms with Gasteiger partial charge in [-0.25, -0.2) is 0 Å². The molecule has 0 unspecified atom stereocenters. The van der Waals surface area contributed by atoms with Gasteiger partial charge in [0.05, 0.1) is 7.11 Å². The number of carbonyl (C=O) groups is 1. The van der Waals surface area contributed by atoms with E-state index in [1.807, 2.05) is 23.1 Å². The fraction of sp³-hybridized carbons (Fsp3) is 0.533. The fourth-order valence-electron chi connectivity index (χ4n) is 2.35. The highest BCUT2D eigenvalue weighted by Crippen LogP contribution is 2.21. The molecular formula is C15H22N2O2. The molecule has 1 heterocycles. The van der Waals surface area contributed by atoms with Gasteiger partial charge in [0, 0.05) is 30.7 Å². The predicted molar refractivity (Wildman–Crippen MR) is 75.6 cm³/mol. The first-order chi connectivity index (χ1) is 8.94. The third kappa shape index (κ3) is 2.89. The highest BCUT2D eigenvalue weighted by Gasteiger charge is 2.33. The van der Waals surface area contributed by atoms with Gasteiger partial charge in [0.25, 0.3) is 5.91 Å². The Bertz CT molecular complexity index is 471. The molecule has 4 nitrogen and oxygen atoms in total. The number of likely N-dealkylation sites (N-methyl/N-ethyl adjacent to an activating group) is 1. The Balaban J connectivity index is 2.15. The van der Waals surface area contributed by atoms with Gasteiger partial charge in [-0.2, -0.15) is 0 Å². The van der Waals surface area contributed by atoms with Crippen molar-refractivity contribution in [3.63, 3.8) is 0 Å². The first kappa shape index (κ1) is 13.9. The quantitative estimate of drug-likeness (QED) is 0.815. The lowest BCUT2D eigenvalue weighted by Crippen LogP contribution is -2.58. The lowest BCUT2D eigenvalue weighted by molar-refractivity contribution is 0.0311. The van der Waals surface area contributed by atoms with Gasteiger partial charge in [0.2, 0.25) is 0 Å². The van der Waals surface area contributed by atoms with E-state index in [0.717, 1.165) is 25.4 Å². The molecule has 2 rings (SSSR count). The largest absolute Gasteiger partial charge is 0.497 e. The molecule has 1 fully saturated rings. The molecule has 0 N–H and O–H groups in total. The molecule has 0 saturated carbocycles. The molecule has 0 bridgehead atoms. The molecule has 1 aromatic carbocycles. The number of amides is 1. The molecule has 0 radical (unpaired) electrons. The second kappa shape index (κ2) is 5.21. The van der Waals surface area contributed by atoms with Crippen LogP contribution >= 0.6 is 0 Å². The third-order valence-electron chi connectivity index (χ3n) is 3.92. The Labute approximate surface area is 115 Å². The molecule has 1 amide bonds. The Morgan fingerprint density at radius 3 is 2.68 bits per heavy atom. The minimum Gasteiger partial charge on any atom is -0.497 e. The molecule has 0 aromatic heterocycles. The molecule has 1 aliphatic rings. The summed E-state index contributed by atoms with van der Waals surface area (Å²) in [6.45, 7) is 6.76. The van der Waals surface area contributed by atoms with Crippen LogP contribution in [-0.4, -0.2) is 55.0 Å². The summed E-state index contributed by atoms with van der Waals surface area (Å²) in [6, 6.07) is 7.35. The SMILES string of the molecule is COc1cccc(C(=O)N2CCN(C)C(C)(C)C2)c1. The standard InChI is InChI=1S/C15H22N2O2/c1-15(2)11-17(9-8-16(15)3)14(18)12-6-5-7-13(10-12)19-4/h5-7,10H,8-9,11H2,1-4H3. The Morgan fingerprint density at radius 2 is 2.05 bits per heavy atom. The van der Waals surface area contributed by atoms with Crippen LogP contribution in [0.1, 0.15) is 24.2 Å². The van der Waals surface area contributed by atoms with Crippen LogP contribution in [0.2, 0.25) is 0 Å². The van der Waals surface area contributed by atoms with Gasteiger partial charge in [0.15, 0.2) is 0 Å². The number of hydrogen-bond acceptors (Lipinski definition) is 3. The molecule has 19 heavy (non-hydrogen) atoms. The van der Waals surface area contributed by atoms with Crippen molar-refractivity contribution in [1.29, 1.82) is 0 Å². The van der Waals surface area contributed by atoms with Crippen molar-refractivity contribution in [1.82, 2.24) is 9.80 Å². The van der Waals surface area contributed by atoms with Crippen molar-refractivity contribution in [2.45, 2.75) is 19.4 Å². The number of methoxy groups -OCH3 is 1. The lowest BCUT2D eigenvalue weighted by atomic mass is 9.99. The van der Waals surface area contributed by atoms with Crippen molar-refractivity contribution in [2.75, 3.05) is 33.8 Å². The van der Waals surface area contributed by atoms with Crippen molar-refractivity contribution < 1.29 is 9.53 Å². The molecule has 0 spiro atoms. The normalized spacial score (nSPS) is 19.3. The molecule has 1 saturated heterocycles. The summed E-state index contributed by atoms with van der Waals surface area (Å²) in [6.07, 6.45) is 0. The van der Waals surface area contributed by atoms with Gasteiger partial charge in [-0.3, -0.25) is 9.69 Å². The summed E-state index contributed by atoms with van der Waals surface area (Å²) in [4.78, 5) is 16.7. The highest BCUT2D eigenvalue weighted by atomic mass is 16.5. The Morgan fingerprint density at radius 1 is 1.32 bits per heavy atom. The van der Waals surface area contributed by atoms with Gasteiger partial charge >= 0.3 is 0 Å². The van der Waals surface area contributed by atoms with Crippen LogP contribution in [0.15, 0.2) is 24.3 Å². The number of carbonyl (C=O) groups excluding carboxylic acids is 1. The number of rotatable bonds is 2. The van der Waals surface area contributed by atoms with Crippen LogP contribution in [-0.2, 0) is 0 Å². The minimum absolute atomic E-state index is 0.0206. The summed E-state index contributed by atoms with van der Waals surface area (Å²) in [5.74, 6) is 0.805. The lowest BCUT2D eigenvalue weighted by Gasteiger charge is -2.45. The van der Waals surface area contributed by atoms with Gasteiger partial charge in [-0.15, -0.1) is 0 Å². The summed E-state index contributed by atoms with van der Waals surface area (Å²) in [5.41, 5.74) is 0.715. The molecule has 1 aromatic rings. The van der Waals surface area contributed by atoms with E-state index in [2.05, 4.69) is 25.8 Å². The number of benzene rings is 1. The molecule has 0 aliphatic carbocycles. The molecule has 4 heteroatoms. The molecule has 1 aliphatic heterocycles. The zero-order valence-electron chi connectivity index (χ0n) is 12.1. The van der Waals surface area contributed by atoms with E-state index in [-0.39, 0.29) is 11.4 Å². The maximum Gasteiger partial charge on any atom is 0.254 e. The summed E-state index contributed by atoms with van der Waals surface area (Å²) >= 11 is 0. The van der Waals surface area contributed by atoms with Crippen molar-refractivity contribution in [2.24, 2.45) is 0 Å². The average molecular weight is 262 g/mol. The molecular weight excluding hydrogens is 240 g/mol. The maximum absolute atomic E-state index is 12.5. The van der Waals surface area contributed by atoms with E-state index < -0.39 is 0 Å². The zero-order valence-corrected chi connectivity index (χ0v) is 12.1. The van der Waals surface area contributed by atoms with Gasteiger partial charge in [-0.05, 0) is 39.1 Å². The fourth-order valence-corrected chi connectivity index (χ4v) is 2.35. The molecule has 0 atom stereocenters. The zero-order chi connectivity index (χ0) is 14.0. The summed E-state index contributed by atoms with van der Waals surface area (Å²) in [7, 11) is 3.72. The van der Waals surface area contributed by atoms with E-state index in [1.54, 1.807) is 13.2 Å². The van der Waals surface area contributed by atoms with E-state index in [9.17, 15) is 4.79 Å². The van der Waals surface area contributed by atoms with Crippen molar-refractivity contribution >= 4 is 5.91 Å². The highest BCUT2D eigenvalue weighted by molar-refractivity contribution is 5.94. The van der Waals surface area contributed by atoms with Gasteiger partial charge in [-0.1, -0.05) is 6.07 Å². The summed E-state index contributed by atoms with van der Waals surface area (Å²) < 4.78 is 5.17. The number of nitrogens with zero attached hydrogens (tertiary/aromatic N) is 2. The first-order valence-corrected chi connectivity index (χ1v) is 6.58. The monoisotopic (exact) mass is 262 g/mol. The average Bonchev–Trinajstić information content (AvgIpc) is 2.41. The third-order valence-corrected chi connectivity index (χ3v) is 3.92. The second-order valence-corrected chi connectivity index (χ2v) is 5.69. The minimum atomic E-state index is 0.0206. The van der Waals surface area contributed by atoms with Crippen LogP contribution in [0, 0.1) is 0 Å². The van der Waals surface area contributed by atoms with Gasteiger partial charge in [0.1, 0.15) is 5.75 Å². The summed E-state index contributed by atoms with van der Waals surface area (Å²) in [5, 5.41) is 0. The van der Waals surface area contributed by atoms with E-state index in [4.69, 9.17) is 4.74 Å². The molecule has 104 valence electrons. The van der Waals surface area contributed by atoms with Crippen LogP contribution in [0.4, 0.5) is 0 Å².